The molecule has 0 aliphatic rings. The summed E-state index contributed by atoms with van der Waals surface area (Å²) in [5.74, 6) is -1.05. The molecular weight excluding hydrogens is 378 g/mol. The van der Waals surface area contributed by atoms with Crippen LogP contribution in [0, 0.1) is 13.8 Å². The molecule has 2 N–H and O–H groups in total. The predicted molar refractivity (Wildman–Crippen MR) is 105 cm³/mol. The largest absolute Gasteiger partial charge is 0.478 e. The molecule has 0 aliphatic carbocycles. The first-order valence-corrected chi connectivity index (χ1v) is 9.50. The van der Waals surface area contributed by atoms with Crippen LogP contribution in [0.4, 0.5) is 0 Å². The van der Waals surface area contributed by atoms with Gasteiger partial charge in [-0.2, -0.15) is 4.68 Å². The summed E-state index contributed by atoms with van der Waals surface area (Å²) >= 11 is 1.23. The second-order valence-electron chi connectivity index (χ2n) is 6.23. The summed E-state index contributed by atoms with van der Waals surface area (Å²) in [4.78, 5) is 23.2. The highest BCUT2D eigenvalue weighted by atomic mass is 32.2. The standard InChI is InChI=1S/C19H19N5O3S/c1-12-6-7-16(13(2)8-12)24-19(21-22-23-24)28-11-17(25)20-10-14-4-3-5-15(9-14)18(26)27/h3-9H,10-11H2,1-2H3,(H,20,25)(H,26,27). The Hall–Kier alpha value is -3.20. The number of carbonyl (C=O) groups excluding carboxylic acids is 1. The van der Waals surface area contributed by atoms with Gasteiger partial charge in [-0.3, -0.25) is 4.79 Å². The van der Waals surface area contributed by atoms with Crippen molar-refractivity contribution in [1.82, 2.24) is 25.5 Å². The number of benzene rings is 2. The second kappa shape index (κ2) is 8.66. The average molecular weight is 397 g/mol. The topological polar surface area (TPSA) is 110 Å². The predicted octanol–water partition coefficient (Wildman–Crippen LogP) is 2.39. The lowest BCUT2D eigenvalue weighted by Crippen LogP contribution is -2.24. The monoisotopic (exact) mass is 397 g/mol. The molecule has 0 saturated heterocycles. The van der Waals surface area contributed by atoms with Crippen LogP contribution in [0.3, 0.4) is 0 Å². The van der Waals surface area contributed by atoms with E-state index in [2.05, 4.69) is 20.8 Å². The number of thioether (sulfide) groups is 1. The zero-order valence-corrected chi connectivity index (χ0v) is 16.2. The van der Waals surface area contributed by atoms with Crippen LogP contribution in [-0.2, 0) is 11.3 Å². The summed E-state index contributed by atoms with van der Waals surface area (Å²) in [7, 11) is 0. The number of amides is 1. The molecule has 0 spiro atoms. The van der Waals surface area contributed by atoms with E-state index in [9.17, 15) is 9.59 Å². The fourth-order valence-corrected chi connectivity index (χ4v) is 3.37. The third-order valence-electron chi connectivity index (χ3n) is 4.02. The van der Waals surface area contributed by atoms with Gasteiger partial charge >= 0.3 is 5.97 Å². The molecule has 0 radical (unpaired) electrons. The minimum absolute atomic E-state index is 0.143. The Morgan fingerprint density at radius 2 is 2.00 bits per heavy atom. The van der Waals surface area contributed by atoms with Crippen LogP contribution in [0.25, 0.3) is 5.69 Å². The van der Waals surface area contributed by atoms with Gasteiger partial charge < -0.3 is 10.4 Å². The summed E-state index contributed by atoms with van der Waals surface area (Å²) in [5, 5.41) is 24.1. The molecule has 1 aromatic heterocycles. The van der Waals surface area contributed by atoms with E-state index in [1.165, 1.54) is 23.9 Å². The number of hydrogen-bond donors (Lipinski definition) is 2. The first kappa shape index (κ1) is 19.6. The first-order valence-electron chi connectivity index (χ1n) is 8.52. The van der Waals surface area contributed by atoms with Crippen LogP contribution in [0.2, 0.25) is 0 Å². The van der Waals surface area contributed by atoms with Gasteiger partial charge in [0, 0.05) is 6.54 Å². The number of hydrogen-bond acceptors (Lipinski definition) is 6. The van der Waals surface area contributed by atoms with Crippen molar-refractivity contribution < 1.29 is 14.7 Å². The van der Waals surface area contributed by atoms with Crippen molar-refractivity contribution >= 4 is 23.6 Å². The molecule has 9 heteroatoms. The summed E-state index contributed by atoms with van der Waals surface area (Å²) < 4.78 is 1.61. The van der Waals surface area contributed by atoms with Crippen molar-refractivity contribution in [1.29, 1.82) is 0 Å². The van der Waals surface area contributed by atoms with E-state index in [-0.39, 0.29) is 23.8 Å². The number of nitrogens with one attached hydrogen (secondary N) is 1. The quantitative estimate of drug-likeness (QED) is 0.589. The summed E-state index contributed by atoms with van der Waals surface area (Å²) in [6.07, 6.45) is 0. The van der Waals surface area contributed by atoms with E-state index in [1.54, 1.807) is 16.8 Å². The molecule has 0 fully saturated rings. The van der Waals surface area contributed by atoms with Crippen LogP contribution >= 0.6 is 11.8 Å². The molecule has 0 bridgehead atoms. The van der Waals surface area contributed by atoms with Crippen molar-refractivity contribution in [2.24, 2.45) is 0 Å². The Bertz CT molecular complexity index is 1020. The lowest BCUT2D eigenvalue weighted by atomic mass is 10.1. The molecule has 0 atom stereocenters. The molecule has 28 heavy (non-hydrogen) atoms. The third kappa shape index (κ3) is 4.74. The summed E-state index contributed by atoms with van der Waals surface area (Å²) in [5.41, 5.74) is 3.96. The minimum atomic E-state index is -0.998. The van der Waals surface area contributed by atoms with Crippen molar-refractivity contribution in [3.05, 3.63) is 64.7 Å². The van der Waals surface area contributed by atoms with Crippen molar-refractivity contribution in [2.45, 2.75) is 25.5 Å². The Morgan fingerprint density at radius 3 is 2.75 bits per heavy atom. The van der Waals surface area contributed by atoms with Crippen molar-refractivity contribution in [3.8, 4) is 5.69 Å². The molecule has 1 amide bonds. The van der Waals surface area contributed by atoms with Gasteiger partial charge in [0.1, 0.15) is 0 Å². The highest BCUT2D eigenvalue weighted by molar-refractivity contribution is 7.99. The maximum atomic E-state index is 12.2. The maximum Gasteiger partial charge on any atom is 0.335 e. The van der Waals surface area contributed by atoms with E-state index in [0.29, 0.717) is 5.16 Å². The zero-order chi connectivity index (χ0) is 20.1. The van der Waals surface area contributed by atoms with Crippen LogP contribution < -0.4 is 5.32 Å². The van der Waals surface area contributed by atoms with E-state index in [0.717, 1.165) is 22.4 Å². The molecule has 1 heterocycles. The number of carboxylic acids is 1. The van der Waals surface area contributed by atoms with Crippen molar-refractivity contribution in [2.75, 3.05) is 5.75 Å². The van der Waals surface area contributed by atoms with E-state index < -0.39 is 5.97 Å². The van der Waals surface area contributed by atoms with Gasteiger partial charge in [0.2, 0.25) is 11.1 Å². The number of tetrazole rings is 1. The average Bonchev–Trinajstić information content (AvgIpc) is 3.13. The molecule has 3 rings (SSSR count). The maximum absolute atomic E-state index is 12.2. The van der Waals surface area contributed by atoms with Gasteiger partial charge in [-0.05, 0) is 53.6 Å². The Kier molecular flexibility index (Phi) is 6.05. The minimum Gasteiger partial charge on any atom is -0.478 e. The van der Waals surface area contributed by atoms with Crippen LogP contribution in [0.1, 0.15) is 27.0 Å². The van der Waals surface area contributed by atoms with Gasteiger partial charge in [0.05, 0.1) is 17.0 Å². The Morgan fingerprint density at radius 1 is 1.18 bits per heavy atom. The molecule has 0 saturated carbocycles. The number of carbonyl (C=O) groups is 2. The lowest BCUT2D eigenvalue weighted by Gasteiger charge is -2.09. The van der Waals surface area contributed by atoms with Crippen molar-refractivity contribution in [3.63, 3.8) is 0 Å². The molecular formula is C19H19N5O3S. The highest BCUT2D eigenvalue weighted by Gasteiger charge is 2.13. The van der Waals surface area contributed by atoms with Crippen LogP contribution in [0.15, 0.2) is 47.6 Å². The summed E-state index contributed by atoms with van der Waals surface area (Å²) in [6.45, 7) is 4.25. The molecule has 8 nitrogen and oxygen atoms in total. The van der Waals surface area contributed by atoms with Gasteiger partial charge in [0.15, 0.2) is 0 Å². The fourth-order valence-electron chi connectivity index (χ4n) is 2.66. The highest BCUT2D eigenvalue weighted by Crippen LogP contribution is 2.21. The molecule has 0 aliphatic heterocycles. The van der Waals surface area contributed by atoms with E-state index in [4.69, 9.17) is 5.11 Å². The van der Waals surface area contributed by atoms with E-state index in [1.807, 2.05) is 32.0 Å². The number of carboxylic acid groups (broad SMARTS) is 1. The molecule has 2 aromatic carbocycles. The number of aromatic nitrogens is 4. The normalized spacial score (nSPS) is 10.6. The number of aryl methyl sites for hydroxylation is 2. The summed E-state index contributed by atoms with van der Waals surface area (Å²) in [6, 6.07) is 12.4. The lowest BCUT2D eigenvalue weighted by molar-refractivity contribution is -0.118. The van der Waals surface area contributed by atoms with Gasteiger partial charge in [-0.25, -0.2) is 4.79 Å². The van der Waals surface area contributed by atoms with Crippen LogP contribution in [0.5, 0.6) is 0 Å². The molecule has 144 valence electrons. The molecule has 0 unspecified atom stereocenters. The number of aromatic carboxylic acids is 1. The Labute approximate surface area is 166 Å². The fraction of sp³-hybridized carbons (Fsp3) is 0.211. The number of rotatable bonds is 7. The van der Waals surface area contributed by atoms with E-state index >= 15 is 0 Å². The SMILES string of the molecule is Cc1ccc(-n2nnnc2SCC(=O)NCc2cccc(C(=O)O)c2)c(C)c1. The van der Waals surface area contributed by atoms with Gasteiger partial charge in [-0.15, -0.1) is 5.10 Å². The first-order chi connectivity index (χ1) is 13.4. The Balaban J connectivity index is 1.59. The smallest absolute Gasteiger partial charge is 0.335 e. The van der Waals surface area contributed by atoms with Crippen LogP contribution in [-0.4, -0.2) is 42.9 Å². The number of nitrogens with zero attached hydrogens (tertiary/aromatic N) is 4. The van der Waals surface area contributed by atoms with Gasteiger partial charge in [-0.1, -0.05) is 41.6 Å². The molecule has 3 aromatic rings. The third-order valence-corrected chi connectivity index (χ3v) is 4.94. The second-order valence-corrected chi connectivity index (χ2v) is 7.18. The zero-order valence-electron chi connectivity index (χ0n) is 15.4. The van der Waals surface area contributed by atoms with Gasteiger partial charge in [0.25, 0.3) is 0 Å².